The van der Waals surface area contributed by atoms with Gasteiger partial charge in [-0.25, -0.2) is 17.2 Å². The number of anilines is 1. The van der Waals surface area contributed by atoms with Crippen LogP contribution in [0.2, 0.25) is 0 Å². The summed E-state index contributed by atoms with van der Waals surface area (Å²) < 4.78 is 64.4. The van der Waals surface area contributed by atoms with Crippen LogP contribution in [0.4, 0.5) is 14.5 Å². The summed E-state index contributed by atoms with van der Waals surface area (Å²) in [4.78, 5) is 12.5. The first-order valence-corrected chi connectivity index (χ1v) is 11.9. The summed E-state index contributed by atoms with van der Waals surface area (Å²) >= 11 is 0. The Balaban J connectivity index is 1.67. The fourth-order valence-electron chi connectivity index (χ4n) is 3.52. The van der Waals surface area contributed by atoms with E-state index in [0.717, 1.165) is 12.1 Å². The number of ether oxygens (including phenoxy) is 2. The van der Waals surface area contributed by atoms with Gasteiger partial charge in [0.2, 0.25) is 15.9 Å². The van der Waals surface area contributed by atoms with E-state index >= 15 is 0 Å². The van der Waals surface area contributed by atoms with Crippen LogP contribution in [-0.4, -0.2) is 44.9 Å². The Hall–Kier alpha value is -2.72. The van der Waals surface area contributed by atoms with Gasteiger partial charge in [0.25, 0.3) is 0 Å². The van der Waals surface area contributed by atoms with Crippen LogP contribution in [0.25, 0.3) is 0 Å². The number of carbonyl (C=O) groups excluding carboxylic acids is 1. The van der Waals surface area contributed by atoms with Crippen molar-refractivity contribution in [2.24, 2.45) is 5.92 Å². The molecule has 32 heavy (non-hydrogen) atoms. The van der Waals surface area contributed by atoms with Crippen LogP contribution in [-0.2, 0) is 14.8 Å². The fourth-order valence-corrected chi connectivity index (χ4v) is 5.01. The second-order valence-electron chi connectivity index (χ2n) is 7.27. The van der Waals surface area contributed by atoms with Crippen molar-refractivity contribution in [1.82, 2.24) is 4.31 Å². The van der Waals surface area contributed by atoms with Crippen LogP contribution < -0.4 is 14.8 Å². The van der Waals surface area contributed by atoms with Crippen molar-refractivity contribution in [3.63, 3.8) is 0 Å². The molecule has 0 spiro atoms. The first kappa shape index (κ1) is 23.9. The number of amides is 1. The fraction of sp³-hybridized carbons (Fsp3) is 0.409. The maximum atomic E-state index is 13.5. The van der Waals surface area contributed by atoms with E-state index in [1.807, 2.05) is 13.8 Å². The zero-order valence-corrected chi connectivity index (χ0v) is 18.8. The molecule has 1 heterocycles. The summed E-state index contributed by atoms with van der Waals surface area (Å²) in [5, 5.41) is 2.86. The van der Waals surface area contributed by atoms with E-state index in [0.29, 0.717) is 49.3 Å². The number of nitrogens with one attached hydrogen (secondary N) is 1. The largest absolute Gasteiger partial charge is 0.494 e. The Morgan fingerprint density at radius 2 is 1.72 bits per heavy atom. The topological polar surface area (TPSA) is 84.9 Å². The molecular formula is C22H26F2N2O5S. The van der Waals surface area contributed by atoms with Gasteiger partial charge in [0.15, 0.2) is 11.6 Å². The van der Waals surface area contributed by atoms with Crippen molar-refractivity contribution in [3.8, 4) is 11.5 Å². The predicted octanol–water partition coefficient (Wildman–Crippen LogP) is 3.80. The number of hydrogen-bond acceptors (Lipinski definition) is 5. The Morgan fingerprint density at radius 1 is 1.03 bits per heavy atom. The predicted molar refractivity (Wildman–Crippen MR) is 115 cm³/mol. The molecule has 174 valence electrons. The summed E-state index contributed by atoms with van der Waals surface area (Å²) in [5.74, 6) is -1.87. The Bertz CT molecular complexity index is 1070. The minimum Gasteiger partial charge on any atom is -0.494 e. The smallest absolute Gasteiger partial charge is 0.243 e. The number of halogens is 2. The van der Waals surface area contributed by atoms with Crippen molar-refractivity contribution in [1.29, 1.82) is 0 Å². The summed E-state index contributed by atoms with van der Waals surface area (Å²) in [6.07, 6.45) is 0.591. The van der Waals surface area contributed by atoms with Crippen molar-refractivity contribution < 1.29 is 31.5 Å². The van der Waals surface area contributed by atoms with Crippen LogP contribution in [0.1, 0.15) is 26.7 Å². The normalized spacial score (nSPS) is 15.4. The molecule has 1 aliphatic rings. The molecule has 0 aromatic heterocycles. The average Bonchev–Trinajstić information content (AvgIpc) is 2.77. The highest BCUT2D eigenvalue weighted by Gasteiger charge is 2.32. The Morgan fingerprint density at radius 3 is 2.34 bits per heavy atom. The molecule has 1 saturated heterocycles. The molecule has 3 rings (SSSR count). The van der Waals surface area contributed by atoms with Crippen molar-refractivity contribution in [2.45, 2.75) is 31.6 Å². The molecule has 1 aliphatic heterocycles. The third-order valence-electron chi connectivity index (χ3n) is 5.17. The summed E-state index contributed by atoms with van der Waals surface area (Å²) in [7, 11) is -3.98. The van der Waals surface area contributed by atoms with Gasteiger partial charge in [-0.05, 0) is 57.0 Å². The van der Waals surface area contributed by atoms with E-state index in [4.69, 9.17) is 9.47 Å². The monoisotopic (exact) mass is 468 g/mol. The minimum absolute atomic E-state index is 0.0940. The van der Waals surface area contributed by atoms with E-state index in [2.05, 4.69) is 5.32 Å². The summed E-state index contributed by atoms with van der Waals surface area (Å²) in [5.41, 5.74) is 0.486. The van der Waals surface area contributed by atoms with Gasteiger partial charge >= 0.3 is 0 Å². The quantitative estimate of drug-likeness (QED) is 0.637. The lowest BCUT2D eigenvalue weighted by molar-refractivity contribution is -0.120. The number of carbonyl (C=O) groups is 1. The van der Waals surface area contributed by atoms with E-state index in [1.165, 1.54) is 4.31 Å². The van der Waals surface area contributed by atoms with Crippen LogP contribution in [0.15, 0.2) is 41.3 Å². The van der Waals surface area contributed by atoms with Gasteiger partial charge in [0.05, 0.1) is 23.8 Å². The minimum atomic E-state index is -3.98. The highest BCUT2D eigenvalue weighted by atomic mass is 32.2. The van der Waals surface area contributed by atoms with Gasteiger partial charge in [-0.2, -0.15) is 4.31 Å². The van der Waals surface area contributed by atoms with Gasteiger partial charge in [0, 0.05) is 25.1 Å². The molecule has 2 aromatic rings. The van der Waals surface area contributed by atoms with Crippen LogP contribution in [0, 0.1) is 17.6 Å². The van der Waals surface area contributed by atoms with Crippen molar-refractivity contribution in [2.75, 3.05) is 31.6 Å². The SMILES string of the molecule is CCOc1ccc(OCC)c(NC(=O)C2CCN(S(=O)(=O)c3ccc(F)c(F)c3)CC2)c1. The van der Waals surface area contributed by atoms with Crippen LogP contribution in [0.3, 0.4) is 0 Å². The number of sulfonamides is 1. The van der Waals surface area contributed by atoms with Crippen molar-refractivity contribution >= 4 is 21.6 Å². The highest BCUT2D eigenvalue weighted by molar-refractivity contribution is 7.89. The average molecular weight is 469 g/mol. The molecule has 0 bridgehead atoms. The molecule has 0 saturated carbocycles. The van der Waals surface area contributed by atoms with Crippen LogP contribution >= 0.6 is 0 Å². The van der Waals surface area contributed by atoms with E-state index in [9.17, 15) is 22.0 Å². The van der Waals surface area contributed by atoms with Gasteiger partial charge < -0.3 is 14.8 Å². The lowest BCUT2D eigenvalue weighted by Gasteiger charge is -2.30. The van der Waals surface area contributed by atoms with E-state index < -0.39 is 27.6 Å². The van der Waals surface area contributed by atoms with Gasteiger partial charge in [-0.1, -0.05) is 0 Å². The third-order valence-corrected chi connectivity index (χ3v) is 7.07. The lowest BCUT2D eigenvalue weighted by Crippen LogP contribution is -2.41. The first-order chi connectivity index (χ1) is 15.3. The molecule has 10 heteroatoms. The van der Waals surface area contributed by atoms with E-state index in [-0.39, 0.29) is 23.9 Å². The highest BCUT2D eigenvalue weighted by Crippen LogP contribution is 2.31. The van der Waals surface area contributed by atoms with Gasteiger partial charge in [-0.3, -0.25) is 4.79 Å². The zero-order valence-electron chi connectivity index (χ0n) is 17.9. The number of hydrogen-bond donors (Lipinski definition) is 1. The lowest BCUT2D eigenvalue weighted by atomic mass is 9.97. The number of benzene rings is 2. The maximum Gasteiger partial charge on any atom is 0.243 e. The molecular weight excluding hydrogens is 442 g/mol. The molecule has 7 nitrogen and oxygen atoms in total. The van der Waals surface area contributed by atoms with E-state index in [1.54, 1.807) is 18.2 Å². The second kappa shape index (κ2) is 10.3. The zero-order chi connectivity index (χ0) is 23.3. The molecule has 1 fully saturated rings. The number of piperidine rings is 1. The second-order valence-corrected chi connectivity index (χ2v) is 9.21. The van der Waals surface area contributed by atoms with Gasteiger partial charge in [0.1, 0.15) is 11.5 Å². The number of nitrogens with zero attached hydrogens (tertiary/aromatic N) is 1. The third kappa shape index (κ3) is 5.36. The van der Waals surface area contributed by atoms with Crippen LogP contribution in [0.5, 0.6) is 11.5 Å². The number of rotatable bonds is 8. The first-order valence-electron chi connectivity index (χ1n) is 10.4. The molecule has 2 aromatic carbocycles. The standard InChI is InChI=1S/C22H26F2N2O5S/c1-3-30-16-5-8-21(31-4-2)20(13-16)25-22(27)15-9-11-26(12-10-15)32(28,29)17-6-7-18(23)19(24)14-17/h5-8,13-15H,3-4,9-12H2,1-2H3,(H,25,27). The summed E-state index contributed by atoms with van der Waals surface area (Å²) in [6.45, 7) is 4.79. The molecule has 0 atom stereocenters. The Kier molecular flexibility index (Phi) is 7.68. The molecule has 1 N–H and O–H groups in total. The Labute approximate surface area is 186 Å². The molecule has 1 amide bonds. The molecule has 0 radical (unpaired) electrons. The molecule has 0 aliphatic carbocycles. The van der Waals surface area contributed by atoms with Crippen molar-refractivity contribution in [3.05, 3.63) is 48.0 Å². The van der Waals surface area contributed by atoms with Gasteiger partial charge in [-0.15, -0.1) is 0 Å². The maximum absolute atomic E-state index is 13.5. The summed E-state index contributed by atoms with van der Waals surface area (Å²) in [6, 6.07) is 7.66. The molecule has 0 unspecified atom stereocenters.